The van der Waals surface area contributed by atoms with E-state index in [9.17, 15) is 0 Å². The van der Waals surface area contributed by atoms with Gasteiger partial charge in [0.15, 0.2) is 0 Å². The van der Waals surface area contributed by atoms with E-state index in [2.05, 4.69) is 56.6 Å². The first-order chi connectivity index (χ1) is 9.63. The van der Waals surface area contributed by atoms with E-state index < -0.39 is 0 Å². The summed E-state index contributed by atoms with van der Waals surface area (Å²) in [5.41, 5.74) is 4.07. The van der Waals surface area contributed by atoms with Crippen molar-refractivity contribution in [2.45, 2.75) is 58.8 Å². The first kappa shape index (κ1) is 17.4. The van der Waals surface area contributed by atoms with Crippen molar-refractivity contribution >= 4 is 18.3 Å². The van der Waals surface area contributed by atoms with E-state index in [4.69, 9.17) is 0 Å². The Balaban J connectivity index is 2.15. The third kappa shape index (κ3) is 7.23. The van der Waals surface area contributed by atoms with Gasteiger partial charge in [0.2, 0.25) is 0 Å². The number of thiol groups is 1. The van der Waals surface area contributed by atoms with Gasteiger partial charge >= 0.3 is 0 Å². The van der Waals surface area contributed by atoms with Gasteiger partial charge in [0.1, 0.15) is 0 Å². The van der Waals surface area contributed by atoms with E-state index in [-0.39, 0.29) is 0 Å². The van der Waals surface area contributed by atoms with Crippen LogP contribution in [-0.4, -0.2) is 19.3 Å². The molecule has 1 rings (SSSR count). The molecule has 0 unspecified atom stereocenters. The lowest BCUT2D eigenvalue weighted by molar-refractivity contribution is 0.590. The lowest BCUT2D eigenvalue weighted by Gasteiger charge is -2.20. The predicted octanol–water partition coefficient (Wildman–Crippen LogP) is 5.40. The Hall–Kier alpha value is -0.630. The van der Waals surface area contributed by atoms with E-state index in [1.165, 1.54) is 68.3 Å². The van der Waals surface area contributed by atoms with Crippen LogP contribution < -0.4 is 4.90 Å². The summed E-state index contributed by atoms with van der Waals surface area (Å²) in [6.07, 6.45) is 9.44. The van der Waals surface area contributed by atoms with Crippen LogP contribution in [0.15, 0.2) is 18.2 Å². The number of unbranched alkanes of at least 4 members (excludes halogenated alkanes) is 6. The maximum Gasteiger partial charge on any atom is 0.0368 e. The molecule has 0 fully saturated rings. The van der Waals surface area contributed by atoms with Gasteiger partial charge in [0.05, 0.1) is 0 Å². The Morgan fingerprint density at radius 2 is 1.30 bits per heavy atom. The molecule has 0 saturated carbocycles. The van der Waals surface area contributed by atoms with E-state index in [0.717, 1.165) is 5.75 Å². The normalized spacial score (nSPS) is 10.8. The Labute approximate surface area is 131 Å². The first-order valence-corrected chi connectivity index (χ1v) is 8.67. The Bertz CT molecular complexity index is 355. The van der Waals surface area contributed by atoms with Gasteiger partial charge in [0.25, 0.3) is 0 Å². The Morgan fingerprint density at radius 3 is 1.85 bits per heavy atom. The molecule has 0 aliphatic heterocycles. The minimum atomic E-state index is 1.04. The number of hydrogen-bond donors (Lipinski definition) is 1. The summed E-state index contributed by atoms with van der Waals surface area (Å²) in [5.74, 6) is 1.04. The second kappa shape index (κ2) is 10.1. The van der Waals surface area contributed by atoms with E-state index >= 15 is 0 Å². The van der Waals surface area contributed by atoms with Gasteiger partial charge in [-0.25, -0.2) is 0 Å². The van der Waals surface area contributed by atoms with Crippen LogP contribution in [0.3, 0.4) is 0 Å². The number of nitrogens with zero attached hydrogens (tertiary/aromatic N) is 1. The lowest BCUT2D eigenvalue weighted by Crippen LogP contribution is -2.18. The molecule has 0 amide bonds. The SMILES string of the molecule is Cc1cc(C)cc(N(C)CCCCCCCCCS)c1. The fourth-order valence-electron chi connectivity index (χ4n) is 2.64. The zero-order chi connectivity index (χ0) is 14.8. The van der Waals surface area contributed by atoms with Gasteiger partial charge in [-0.2, -0.15) is 12.6 Å². The second-order valence-corrected chi connectivity index (χ2v) is 6.41. The van der Waals surface area contributed by atoms with Crippen LogP contribution in [0.4, 0.5) is 5.69 Å². The monoisotopic (exact) mass is 293 g/mol. The molecule has 1 aromatic rings. The highest BCUT2D eigenvalue weighted by molar-refractivity contribution is 7.80. The van der Waals surface area contributed by atoms with Gasteiger partial charge < -0.3 is 4.90 Å². The third-order valence-corrected chi connectivity index (χ3v) is 4.12. The maximum absolute atomic E-state index is 4.25. The van der Waals surface area contributed by atoms with E-state index in [1.54, 1.807) is 0 Å². The van der Waals surface area contributed by atoms with Gasteiger partial charge in [0, 0.05) is 19.3 Å². The van der Waals surface area contributed by atoms with Crippen molar-refractivity contribution in [3.05, 3.63) is 29.3 Å². The summed E-state index contributed by atoms with van der Waals surface area (Å²) < 4.78 is 0. The number of hydrogen-bond acceptors (Lipinski definition) is 2. The molecule has 0 atom stereocenters. The van der Waals surface area contributed by atoms with Crippen LogP contribution in [0.25, 0.3) is 0 Å². The van der Waals surface area contributed by atoms with Gasteiger partial charge in [-0.3, -0.25) is 0 Å². The van der Waals surface area contributed by atoms with E-state index in [1.807, 2.05) is 0 Å². The summed E-state index contributed by atoms with van der Waals surface area (Å²) in [4.78, 5) is 2.39. The highest BCUT2D eigenvalue weighted by Crippen LogP contribution is 2.18. The van der Waals surface area contributed by atoms with Crippen molar-refractivity contribution < 1.29 is 0 Å². The van der Waals surface area contributed by atoms with Crippen LogP contribution in [0.5, 0.6) is 0 Å². The molecule has 0 aliphatic rings. The van der Waals surface area contributed by atoms with Gasteiger partial charge in [-0.1, -0.05) is 38.2 Å². The molecule has 0 bridgehead atoms. The molecule has 1 nitrogen and oxygen atoms in total. The molecule has 2 heteroatoms. The minimum Gasteiger partial charge on any atom is -0.375 e. The van der Waals surface area contributed by atoms with Crippen LogP contribution in [0.2, 0.25) is 0 Å². The van der Waals surface area contributed by atoms with Crippen LogP contribution in [0, 0.1) is 13.8 Å². The Morgan fingerprint density at radius 1 is 0.800 bits per heavy atom. The quantitative estimate of drug-likeness (QED) is 0.446. The summed E-state index contributed by atoms with van der Waals surface area (Å²) in [6.45, 7) is 5.52. The molecule has 114 valence electrons. The standard InChI is InChI=1S/C18H31NS/c1-16-13-17(2)15-18(14-16)19(3)11-9-7-5-4-6-8-10-12-20/h13-15,20H,4-12H2,1-3H3. The molecular formula is C18H31NS. The molecule has 20 heavy (non-hydrogen) atoms. The van der Waals surface area contributed by atoms with Crippen LogP contribution in [0.1, 0.15) is 56.1 Å². The van der Waals surface area contributed by atoms with Crippen molar-refractivity contribution in [3.8, 4) is 0 Å². The first-order valence-electron chi connectivity index (χ1n) is 8.04. The molecule has 0 N–H and O–H groups in total. The van der Waals surface area contributed by atoms with Gasteiger partial charge in [-0.05, 0) is 55.7 Å². The molecule has 0 spiro atoms. The minimum absolute atomic E-state index is 1.04. The smallest absolute Gasteiger partial charge is 0.0368 e. The molecule has 0 saturated heterocycles. The van der Waals surface area contributed by atoms with Crippen molar-refractivity contribution in [1.82, 2.24) is 0 Å². The average molecular weight is 294 g/mol. The number of aryl methyl sites for hydroxylation is 2. The molecule has 1 aromatic carbocycles. The fourth-order valence-corrected chi connectivity index (χ4v) is 2.87. The third-order valence-electron chi connectivity index (χ3n) is 3.80. The number of rotatable bonds is 10. The highest BCUT2D eigenvalue weighted by Gasteiger charge is 2.02. The fraction of sp³-hybridized carbons (Fsp3) is 0.667. The predicted molar refractivity (Wildman–Crippen MR) is 95.4 cm³/mol. The largest absolute Gasteiger partial charge is 0.375 e. The summed E-state index contributed by atoms with van der Waals surface area (Å²) in [7, 11) is 2.21. The zero-order valence-electron chi connectivity index (χ0n) is 13.5. The Kier molecular flexibility index (Phi) is 8.84. The maximum atomic E-state index is 4.25. The highest BCUT2D eigenvalue weighted by atomic mass is 32.1. The molecule has 0 aromatic heterocycles. The summed E-state index contributed by atoms with van der Waals surface area (Å²) in [5, 5.41) is 0. The molecule has 0 heterocycles. The molecular weight excluding hydrogens is 262 g/mol. The molecule has 0 aliphatic carbocycles. The van der Waals surface area contributed by atoms with Crippen LogP contribution in [-0.2, 0) is 0 Å². The summed E-state index contributed by atoms with van der Waals surface area (Å²) >= 11 is 4.25. The van der Waals surface area contributed by atoms with Crippen molar-refractivity contribution in [2.24, 2.45) is 0 Å². The average Bonchev–Trinajstić information content (AvgIpc) is 2.40. The van der Waals surface area contributed by atoms with Crippen molar-refractivity contribution in [3.63, 3.8) is 0 Å². The van der Waals surface area contributed by atoms with Crippen molar-refractivity contribution in [1.29, 1.82) is 0 Å². The zero-order valence-corrected chi connectivity index (χ0v) is 14.4. The number of benzene rings is 1. The number of anilines is 1. The summed E-state index contributed by atoms with van der Waals surface area (Å²) in [6, 6.07) is 6.80. The molecule has 0 radical (unpaired) electrons. The van der Waals surface area contributed by atoms with Crippen LogP contribution >= 0.6 is 12.6 Å². The van der Waals surface area contributed by atoms with Crippen molar-refractivity contribution in [2.75, 3.05) is 24.2 Å². The second-order valence-electron chi connectivity index (χ2n) is 5.97. The van der Waals surface area contributed by atoms with E-state index in [0.29, 0.717) is 0 Å². The lowest BCUT2D eigenvalue weighted by atomic mass is 10.1. The van der Waals surface area contributed by atoms with Gasteiger partial charge in [-0.15, -0.1) is 0 Å². The topological polar surface area (TPSA) is 3.24 Å².